The third-order valence-corrected chi connectivity index (χ3v) is 5.20. The van der Waals surface area contributed by atoms with Crippen molar-refractivity contribution in [2.45, 2.75) is 12.8 Å². The third-order valence-electron chi connectivity index (χ3n) is 4.33. The van der Waals surface area contributed by atoms with Crippen molar-refractivity contribution in [2.24, 2.45) is 11.7 Å². The summed E-state index contributed by atoms with van der Waals surface area (Å²) >= 11 is 1.36. The van der Waals surface area contributed by atoms with Gasteiger partial charge in [-0.3, -0.25) is 14.4 Å². The van der Waals surface area contributed by atoms with Crippen LogP contribution in [0.25, 0.3) is 0 Å². The number of benzene rings is 1. The first-order valence-corrected chi connectivity index (χ1v) is 8.71. The molecule has 2 amide bonds. The molecule has 1 aliphatic heterocycles. The van der Waals surface area contributed by atoms with Crippen LogP contribution in [0.15, 0.2) is 41.8 Å². The topological polar surface area (TPSA) is 80.5 Å². The zero-order chi connectivity index (χ0) is 17.1. The molecule has 2 aromatic rings. The van der Waals surface area contributed by atoms with Crippen molar-refractivity contribution in [3.63, 3.8) is 0 Å². The molecule has 0 bridgehead atoms. The summed E-state index contributed by atoms with van der Waals surface area (Å²) in [6.45, 7) is 0.960. The van der Waals surface area contributed by atoms with Gasteiger partial charge in [0, 0.05) is 24.6 Å². The largest absolute Gasteiger partial charge is 0.369 e. The number of hydrogen-bond acceptors (Lipinski definition) is 4. The van der Waals surface area contributed by atoms with E-state index in [-0.39, 0.29) is 23.5 Å². The van der Waals surface area contributed by atoms with E-state index in [0.29, 0.717) is 41.9 Å². The number of ketones is 1. The van der Waals surface area contributed by atoms with Gasteiger partial charge in [0.05, 0.1) is 10.4 Å². The number of nitrogens with zero attached hydrogens (tertiary/aromatic N) is 1. The molecule has 0 radical (unpaired) electrons. The van der Waals surface area contributed by atoms with Crippen LogP contribution in [0.4, 0.5) is 0 Å². The van der Waals surface area contributed by atoms with Crippen LogP contribution in [0.5, 0.6) is 0 Å². The minimum absolute atomic E-state index is 0.138. The molecule has 1 aromatic carbocycles. The molecule has 0 saturated carbocycles. The zero-order valence-corrected chi connectivity index (χ0v) is 13.9. The fourth-order valence-corrected chi connectivity index (χ4v) is 3.62. The molecule has 5 nitrogen and oxygen atoms in total. The number of likely N-dealkylation sites (tertiary alicyclic amines) is 1. The number of amides is 2. The number of carbonyl (C=O) groups is 3. The average molecular weight is 342 g/mol. The summed E-state index contributed by atoms with van der Waals surface area (Å²) in [6.07, 6.45) is 1.14. The standard InChI is InChI=1S/C18H18N2O3S/c19-17(22)12-7-9-20(10-8-12)18(23)14-5-2-1-4-13(14)16(21)15-6-3-11-24-15/h1-6,11-12H,7-10H2,(H2,19,22). The highest BCUT2D eigenvalue weighted by Gasteiger charge is 2.28. The molecule has 0 aliphatic carbocycles. The number of piperidine rings is 1. The first-order chi connectivity index (χ1) is 11.6. The molecule has 2 N–H and O–H groups in total. The van der Waals surface area contributed by atoms with E-state index in [2.05, 4.69) is 0 Å². The third kappa shape index (κ3) is 3.23. The van der Waals surface area contributed by atoms with Crippen molar-refractivity contribution in [2.75, 3.05) is 13.1 Å². The van der Waals surface area contributed by atoms with Crippen molar-refractivity contribution < 1.29 is 14.4 Å². The summed E-state index contributed by atoms with van der Waals surface area (Å²) < 4.78 is 0. The van der Waals surface area contributed by atoms with Gasteiger partial charge in [0.1, 0.15) is 0 Å². The first kappa shape index (κ1) is 16.4. The Bertz CT molecular complexity index is 762. The van der Waals surface area contributed by atoms with E-state index in [1.807, 2.05) is 11.4 Å². The molecule has 0 atom stereocenters. The lowest BCUT2D eigenvalue weighted by Gasteiger charge is -2.31. The van der Waals surface area contributed by atoms with Crippen LogP contribution in [0, 0.1) is 5.92 Å². The Balaban J connectivity index is 1.81. The monoisotopic (exact) mass is 342 g/mol. The summed E-state index contributed by atoms with van der Waals surface area (Å²) in [6, 6.07) is 10.5. The van der Waals surface area contributed by atoms with Gasteiger partial charge in [-0.15, -0.1) is 11.3 Å². The SMILES string of the molecule is NC(=O)C1CCN(C(=O)c2ccccc2C(=O)c2cccs2)CC1. The maximum absolute atomic E-state index is 12.8. The minimum atomic E-state index is -0.310. The van der Waals surface area contributed by atoms with Crippen LogP contribution < -0.4 is 5.73 Å². The lowest BCUT2D eigenvalue weighted by molar-refractivity contribution is -0.123. The van der Waals surface area contributed by atoms with Crippen LogP contribution in [0.2, 0.25) is 0 Å². The summed E-state index contributed by atoms with van der Waals surface area (Å²) in [7, 11) is 0. The molecule has 0 spiro atoms. The van der Waals surface area contributed by atoms with Gasteiger partial charge in [0.15, 0.2) is 0 Å². The first-order valence-electron chi connectivity index (χ1n) is 7.83. The quantitative estimate of drug-likeness (QED) is 0.866. The fourth-order valence-electron chi connectivity index (χ4n) is 2.95. The predicted octanol–water partition coefficient (Wildman–Crippen LogP) is 2.32. The summed E-state index contributed by atoms with van der Waals surface area (Å²) in [5.41, 5.74) is 6.16. The maximum atomic E-state index is 12.8. The van der Waals surface area contributed by atoms with Crippen molar-refractivity contribution in [1.82, 2.24) is 4.90 Å². The number of nitrogens with two attached hydrogens (primary N) is 1. The van der Waals surface area contributed by atoms with E-state index >= 15 is 0 Å². The van der Waals surface area contributed by atoms with Crippen LogP contribution in [-0.4, -0.2) is 35.6 Å². The van der Waals surface area contributed by atoms with Crippen LogP contribution in [0.1, 0.15) is 38.4 Å². The molecule has 24 heavy (non-hydrogen) atoms. The van der Waals surface area contributed by atoms with Gasteiger partial charge >= 0.3 is 0 Å². The second-order valence-electron chi connectivity index (χ2n) is 5.82. The van der Waals surface area contributed by atoms with Gasteiger partial charge in [-0.05, 0) is 30.4 Å². The highest BCUT2D eigenvalue weighted by atomic mass is 32.1. The van der Waals surface area contributed by atoms with Crippen LogP contribution in [0.3, 0.4) is 0 Å². The Morgan fingerprint density at radius 3 is 2.25 bits per heavy atom. The van der Waals surface area contributed by atoms with Crippen molar-refractivity contribution in [1.29, 1.82) is 0 Å². The van der Waals surface area contributed by atoms with E-state index < -0.39 is 0 Å². The number of carbonyl (C=O) groups excluding carboxylic acids is 3. The van der Waals surface area contributed by atoms with Gasteiger partial charge in [0.25, 0.3) is 5.91 Å². The zero-order valence-electron chi connectivity index (χ0n) is 13.1. The number of thiophene rings is 1. The fraction of sp³-hybridized carbons (Fsp3) is 0.278. The smallest absolute Gasteiger partial charge is 0.254 e. The molecular weight excluding hydrogens is 324 g/mol. The van der Waals surface area contributed by atoms with E-state index in [1.165, 1.54) is 11.3 Å². The van der Waals surface area contributed by atoms with Gasteiger partial charge in [-0.2, -0.15) is 0 Å². The van der Waals surface area contributed by atoms with Crippen molar-refractivity contribution in [3.8, 4) is 0 Å². The molecule has 0 unspecified atom stereocenters. The normalized spacial score (nSPS) is 15.2. The Kier molecular flexibility index (Phi) is 4.76. The molecule has 3 rings (SSSR count). The van der Waals surface area contributed by atoms with Gasteiger partial charge in [0.2, 0.25) is 11.7 Å². The van der Waals surface area contributed by atoms with E-state index in [4.69, 9.17) is 5.73 Å². The Labute approximate surface area is 144 Å². The summed E-state index contributed by atoms with van der Waals surface area (Å²) in [5.74, 6) is -0.785. The van der Waals surface area contributed by atoms with Crippen molar-refractivity contribution in [3.05, 3.63) is 57.8 Å². The molecule has 1 saturated heterocycles. The van der Waals surface area contributed by atoms with E-state index in [9.17, 15) is 14.4 Å². The Morgan fingerprint density at radius 1 is 1.00 bits per heavy atom. The van der Waals surface area contributed by atoms with Crippen molar-refractivity contribution >= 4 is 28.9 Å². The van der Waals surface area contributed by atoms with E-state index in [1.54, 1.807) is 35.2 Å². The molecular formula is C18H18N2O3S. The second kappa shape index (κ2) is 6.97. The Hall–Kier alpha value is -2.47. The lowest BCUT2D eigenvalue weighted by Crippen LogP contribution is -2.42. The lowest BCUT2D eigenvalue weighted by atomic mass is 9.95. The average Bonchev–Trinajstić information content (AvgIpc) is 3.15. The predicted molar refractivity (Wildman–Crippen MR) is 92.0 cm³/mol. The highest BCUT2D eigenvalue weighted by molar-refractivity contribution is 7.12. The molecule has 1 fully saturated rings. The summed E-state index contributed by atoms with van der Waals surface area (Å²) in [5, 5.41) is 1.84. The number of primary amides is 1. The number of rotatable bonds is 4. The van der Waals surface area contributed by atoms with E-state index in [0.717, 1.165) is 0 Å². The maximum Gasteiger partial charge on any atom is 0.254 e. The van der Waals surface area contributed by atoms with Gasteiger partial charge in [-0.25, -0.2) is 0 Å². The molecule has 6 heteroatoms. The molecule has 2 heterocycles. The minimum Gasteiger partial charge on any atom is -0.369 e. The molecule has 124 valence electrons. The second-order valence-corrected chi connectivity index (χ2v) is 6.77. The molecule has 1 aliphatic rings. The van der Waals surface area contributed by atoms with Gasteiger partial charge < -0.3 is 10.6 Å². The van der Waals surface area contributed by atoms with Crippen LogP contribution in [-0.2, 0) is 4.79 Å². The van der Waals surface area contributed by atoms with Crippen LogP contribution >= 0.6 is 11.3 Å². The summed E-state index contributed by atoms with van der Waals surface area (Å²) in [4.78, 5) is 39.0. The highest BCUT2D eigenvalue weighted by Crippen LogP contribution is 2.22. The molecule has 1 aromatic heterocycles. The number of hydrogen-bond donors (Lipinski definition) is 1. The Morgan fingerprint density at radius 2 is 1.67 bits per heavy atom. The van der Waals surface area contributed by atoms with Gasteiger partial charge in [-0.1, -0.05) is 24.3 Å².